The topological polar surface area (TPSA) is 65.0 Å². The highest BCUT2D eigenvalue weighted by atomic mass is 32.1. The monoisotopic (exact) mass is 823 g/mol. The van der Waals surface area contributed by atoms with Gasteiger partial charge in [0.2, 0.25) is 0 Å². The highest BCUT2D eigenvalue weighted by Gasteiger charge is 2.20. The lowest BCUT2D eigenvalue weighted by atomic mass is 9.94. The smallest absolute Gasteiger partial charge is 0.165 e. The van der Waals surface area contributed by atoms with Gasteiger partial charge >= 0.3 is 0 Å². The fourth-order valence-electron chi connectivity index (χ4n) is 9.12. The number of rotatable bonds is 6. The van der Waals surface area contributed by atoms with Crippen LogP contribution in [-0.2, 0) is 0 Å². The first-order valence-corrected chi connectivity index (χ1v) is 21.8. The van der Waals surface area contributed by atoms with E-state index in [2.05, 4.69) is 170 Å². The van der Waals surface area contributed by atoms with Gasteiger partial charge in [-0.2, -0.15) is 0 Å². The molecule has 9 aromatic carbocycles. The fourth-order valence-corrected chi connectivity index (χ4v) is 10.3. The van der Waals surface area contributed by atoms with Crippen molar-refractivity contribution in [1.29, 1.82) is 0 Å². The van der Waals surface area contributed by atoms with Crippen molar-refractivity contribution in [2.75, 3.05) is 0 Å². The van der Waals surface area contributed by atoms with Crippen molar-refractivity contribution in [3.8, 4) is 67.5 Å². The van der Waals surface area contributed by atoms with E-state index in [-0.39, 0.29) is 0 Å². The summed E-state index contributed by atoms with van der Waals surface area (Å²) in [6, 6.07) is 69.9. The van der Waals surface area contributed by atoms with Crippen LogP contribution in [0, 0.1) is 0 Å². The Morgan fingerprint density at radius 3 is 1.46 bits per heavy atom. The third kappa shape index (κ3) is 5.95. The van der Waals surface area contributed by atoms with Gasteiger partial charge in [-0.05, 0) is 100 Å². The van der Waals surface area contributed by atoms with Gasteiger partial charge in [0.15, 0.2) is 17.5 Å². The van der Waals surface area contributed by atoms with Crippen LogP contribution in [-0.4, -0.2) is 15.0 Å². The molecule has 294 valence electrons. The van der Waals surface area contributed by atoms with E-state index in [0.717, 1.165) is 98.6 Å². The number of thiophene rings is 1. The summed E-state index contributed by atoms with van der Waals surface area (Å²) in [5, 5.41) is 6.73. The van der Waals surface area contributed by atoms with Crippen LogP contribution in [0.1, 0.15) is 0 Å². The van der Waals surface area contributed by atoms with Gasteiger partial charge < -0.3 is 8.83 Å². The Hall–Kier alpha value is -8.19. The van der Waals surface area contributed by atoms with Crippen molar-refractivity contribution in [3.63, 3.8) is 0 Å². The lowest BCUT2D eigenvalue weighted by molar-refractivity contribution is 0.668. The molecule has 5 nitrogen and oxygen atoms in total. The van der Waals surface area contributed by atoms with E-state index < -0.39 is 0 Å². The summed E-state index contributed by atoms with van der Waals surface area (Å²) >= 11 is 1.77. The molecule has 0 spiro atoms. The van der Waals surface area contributed by atoms with Gasteiger partial charge in [-0.1, -0.05) is 133 Å². The Morgan fingerprint density at radius 1 is 0.286 bits per heavy atom. The first-order chi connectivity index (χ1) is 31.2. The first kappa shape index (κ1) is 35.6. The molecule has 0 saturated carbocycles. The molecule has 0 aliphatic carbocycles. The summed E-state index contributed by atoms with van der Waals surface area (Å²) in [4.78, 5) is 16.2. The van der Waals surface area contributed by atoms with E-state index in [4.69, 9.17) is 23.8 Å². The van der Waals surface area contributed by atoms with Gasteiger partial charge in [0.1, 0.15) is 22.3 Å². The molecule has 13 aromatic rings. The van der Waals surface area contributed by atoms with Crippen molar-refractivity contribution < 1.29 is 8.83 Å². The number of hydrogen-bond acceptors (Lipinski definition) is 6. The summed E-state index contributed by atoms with van der Waals surface area (Å²) in [5.74, 6) is 1.82. The Kier molecular flexibility index (Phi) is 8.01. The number of nitrogens with zero attached hydrogens (tertiary/aromatic N) is 3. The fraction of sp³-hybridized carbons (Fsp3) is 0. The van der Waals surface area contributed by atoms with Gasteiger partial charge in [-0.25, -0.2) is 15.0 Å². The zero-order valence-electron chi connectivity index (χ0n) is 33.6. The van der Waals surface area contributed by atoms with Crippen molar-refractivity contribution in [2.45, 2.75) is 0 Å². The molecule has 0 bridgehead atoms. The van der Waals surface area contributed by atoms with Gasteiger partial charge in [0, 0.05) is 58.4 Å². The minimum absolute atomic E-state index is 0.587. The molecular weight excluding hydrogens is 791 g/mol. The van der Waals surface area contributed by atoms with Crippen LogP contribution >= 0.6 is 11.3 Å². The van der Waals surface area contributed by atoms with Crippen LogP contribution in [0.2, 0.25) is 0 Å². The summed E-state index contributed by atoms with van der Waals surface area (Å²) < 4.78 is 14.9. The van der Waals surface area contributed by atoms with E-state index >= 15 is 0 Å². The third-order valence-electron chi connectivity index (χ3n) is 12.1. The maximum atomic E-state index is 6.26. The third-order valence-corrected chi connectivity index (χ3v) is 13.4. The van der Waals surface area contributed by atoms with Crippen molar-refractivity contribution in [3.05, 3.63) is 200 Å². The number of para-hydroxylation sites is 2. The summed E-state index contributed by atoms with van der Waals surface area (Å²) in [5.41, 5.74) is 12.6. The molecule has 63 heavy (non-hydrogen) atoms. The highest BCUT2D eigenvalue weighted by molar-refractivity contribution is 7.26. The average Bonchev–Trinajstić information content (AvgIpc) is 4.05. The molecule has 4 aromatic heterocycles. The molecular formula is C57H33N3O2S. The zero-order chi connectivity index (χ0) is 41.4. The lowest BCUT2D eigenvalue weighted by Crippen LogP contribution is -2.01. The number of benzene rings is 9. The first-order valence-electron chi connectivity index (χ1n) is 21.0. The predicted molar refractivity (Wildman–Crippen MR) is 260 cm³/mol. The molecule has 0 saturated heterocycles. The number of aromatic nitrogens is 3. The molecule has 4 heterocycles. The summed E-state index contributed by atoms with van der Waals surface area (Å²) in [6.45, 7) is 0. The summed E-state index contributed by atoms with van der Waals surface area (Å²) in [7, 11) is 0. The van der Waals surface area contributed by atoms with Crippen LogP contribution in [0.4, 0.5) is 0 Å². The van der Waals surface area contributed by atoms with E-state index in [9.17, 15) is 0 Å². The predicted octanol–water partition coefficient (Wildman–Crippen LogP) is 16.0. The average molecular weight is 824 g/mol. The van der Waals surface area contributed by atoms with E-state index in [1.54, 1.807) is 11.3 Å². The van der Waals surface area contributed by atoms with Crippen LogP contribution in [0.15, 0.2) is 209 Å². The van der Waals surface area contributed by atoms with Crippen LogP contribution in [0.3, 0.4) is 0 Å². The SMILES string of the molecule is c1ccc(-c2ccccc2-c2nc(-c3cc(-c4ccc5oc6ccccc6c5c4)cc(-c4ccc5oc6ccccc6c5c4)c3)nc(-c3cccc4c3sc3ccccc34)n2)cc1. The van der Waals surface area contributed by atoms with Crippen molar-refractivity contribution in [2.24, 2.45) is 0 Å². The molecule has 0 radical (unpaired) electrons. The van der Waals surface area contributed by atoms with Crippen LogP contribution < -0.4 is 0 Å². The van der Waals surface area contributed by atoms with E-state index in [1.807, 2.05) is 30.3 Å². The number of furan rings is 2. The van der Waals surface area contributed by atoms with Crippen LogP contribution in [0.25, 0.3) is 132 Å². The molecule has 0 fully saturated rings. The second kappa shape index (κ2) is 14.2. The Bertz CT molecular complexity index is 3800. The summed E-state index contributed by atoms with van der Waals surface area (Å²) in [6.07, 6.45) is 0. The molecule has 13 rings (SSSR count). The Labute approximate surface area is 365 Å². The molecule has 0 aliphatic heterocycles. The molecule has 0 unspecified atom stereocenters. The standard InChI is InChI=1S/C57H33N3O2S/c1-2-13-34(14-3-1)40-15-4-5-19-45(40)56-58-55(59-57(60-56)46-21-12-20-44-43-18-8-11-24-53(43)63-54(44)46)39-30-37(35-25-27-51-47(32-35)41-16-6-9-22-49(41)61-51)29-38(31-39)36-26-28-52-48(33-36)42-17-7-10-23-50(42)62-52/h1-33H. The highest BCUT2D eigenvalue weighted by Crippen LogP contribution is 2.42. The van der Waals surface area contributed by atoms with Gasteiger partial charge in [0.25, 0.3) is 0 Å². The maximum Gasteiger partial charge on any atom is 0.165 e. The molecule has 0 N–H and O–H groups in total. The van der Waals surface area contributed by atoms with Gasteiger partial charge in [-0.3, -0.25) is 0 Å². The quantitative estimate of drug-likeness (QED) is 0.167. The number of fused-ring (bicyclic) bond motifs is 9. The minimum Gasteiger partial charge on any atom is -0.456 e. The normalized spacial score (nSPS) is 11.8. The van der Waals surface area contributed by atoms with Gasteiger partial charge in [-0.15, -0.1) is 11.3 Å². The van der Waals surface area contributed by atoms with Crippen molar-refractivity contribution >= 4 is 75.4 Å². The van der Waals surface area contributed by atoms with E-state index in [1.165, 1.54) is 15.5 Å². The zero-order valence-corrected chi connectivity index (χ0v) is 34.4. The lowest BCUT2D eigenvalue weighted by Gasteiger charge is -2.14. The van der Waals surface area contributed by atoms with Crippen molar-refractivity contribution in [1.82, 2.24) is 15.0 Å². The largest absolute Gasteiger partial charge is 0.456 e. The maximum absolute atomic E-state index is 6.26. The molecule has 6 heteroatoms. The molecule has 0 aliphatic rings. The Balaban J connectivity index is 1.07. The van der Waals surface area contributed by atoms with Crippen LogP contribution in [0.5, 0.6) is 0 Å². The number of hydrogen-bond donors (Lipinski definition) is 0. The van der Waals surface area contributed by atoms with E-state index in [0.29, 0.717) is 17.5 Å². The molecule has 0 amide bonds. The minimum atomic E-state index is 0.587. The van der Waals surface area contributed by atoms with Gasteiger partial charge in [0.05, 0.1) is 0 Å². The second-order valence-electron chi connectivity index (χ2n) is 15.9. The molecule has 0 atom stereocenters. The second-order valence-corrected chi connectivity index (χ2v) is 17.0. The Morgan fingerprint density at radius 2 is 0.778 bits per heavy atom.